The number of nitrogens with zero attached hydrogens (tertiary/aromatic N) is 1. The lowest BCUT2D eigenvalue weighted by molar-refractivity contribution is -0.130. The second-order valence-electron chi connectivity index (χ2n) is 5.30. The summed E-state index contributed by atoms with van der Waals surface area (Å²) in [6.07, 6.45) is 0.810. The molecule has 0 heterocycles. The normalized spacial score (nSPS) is 10.2. The summed E-state index contributed by atoms with van der Waals surface area (Å²) in [5.74, 6) is -1.51. The monoisotopic (exact) mass is 337 g/mol. The van der Waals surface area contributed by atoms with Crippen molar-refractivity contribution in [2.75, 3.05) is 25.0 Å². The summed E-state index contributed by atoms with van der Waals surface area (Å²) < 4.78 is 13.8. The van der Waals surface area contributed by atoms with E-state index in [-0.39, 0.29) is 23.9 Å². The topological polar surface area (TPSA) is 78.5 Å². The van der Waals surface area contributed by atoms with Crippen molar-refractivity contribution in [3.63, 3.8) is 0 Å². The Labute approximate surface area is 141 Å². The van der Waals surface area contributed by atoms with Crippen LogP contribution in [0, 0.1) is 5.82 Å². The molecule has 0 unspecified atom stereocenters. The maximum Gasteiger partial charge on any atom is 0.254 e. The number of nitrogens with one attached hydrogen (secondary N) is 2. The first-order chi connectivity index (χ1) is 11.4. The zero-order valence-electron chi connectivity index (χ0n) is 14.3. The van der Waals surface area contributed by atoms with Crippen molar-refractivity contribution < 1.29 is 18.8 Å². The van der Waals surface area contributed by atoms with Gasteiger partial charge < -0.3 is 15.5 Å². The van der Waals surface area contributed by atoms with E-state index in [0.717, 1.165) is 6.07 Å². The lowest BCUT2D eigenvalue weighted by Gasteiger charge is -2.18. The highest BCUT2D eigenvalue weighted by Gasteiger charge is 2.13. The van der Waals surface area contributed by atoms with E-state index in [1.807, 2.05) is 13.8 Å². The number of carbonyl (C=O) groups excluding carboxylic acids is 3. The molecule has 132 valence electrons. The third kappa shape index (κ3) is 5.98. The van der Waals surface area contributed by atoms with Gasteiger partial charge in [0.15, 0.2) is 0 Å². The van der Waals surface area contributed by atoms with Gasteiger partial charge in [-0.2, -0.15) is 0 Å². The molecule has 0 fully saturated rings. The molecule has 0 bridgehead atoms. The zero-order chi connectivity index (χ0) is 18.1. The maximum absolute atomic E-state index is 13.8. The SMILES string of the molecule is CCN(CC)C(=O)CCCNC(=O)c1cc(NC(C)=O)ccc1F. The minimum Gasteiger partial charge on any atom is -0.352 e. The Hall–Kier alpha value is -2.44. The predicted molar refractivity (Wildman–Crippen MR) is 90.2 cm³/mol. The van der Waals surface area contributed by atoms with Crippen molar-refractivity contribution in [1.29, 1.82) is 0 Å². The molecule has 0 aliphatic heterocycles. The number of amides is 3. The second kappa shape index (κ2) is 9.64. The fraction of sp³-hybridized carbons (Fsp3) is 0.471. The average Bonchev–Trinajstić information content (AvgIpc) is 2.53. The molecular formula is C17H24FN3O3. The average molecular weight is 337 g/mol. The summed E-state index contributed by atoms with van der Waals surface area (Å²) in [7, 11) is 0. The summed E-state index contributed by atoms with van der Waals surface area (Å²) in [5.41, 5.74) is 0.210. The molecule has 0 aliphatic rings. The molecule has 3 amide bonds. The molecule has 7 heteroatoms. The zero-order valence-corrected chi connectivity index (χ0v) is 14.3. The van der Waals surface area contributed by atoms with Gasteiger partial charge in [0, 0.05) is 38.7 Å². The van der Waals surface area contributed by atoms with Crippen LogP contribution >= 0.6 is 0 Å². The molecule has 0 saturated carbocycles. The molecule has 1 aromatic carbocycles. The quantitative estimate of drug-likeness (QED) is 0.714. The first kappa shape index (κ1) is 19.6. The fourth-order valence-electron chi connectivity index (χ4n) is 2.25. The van der Waals surface area contributed by atoms with Crippen LogP contribution in [0.2, 0.25) is 0 Å². The lowest BCUT2D eigenvalue weighted by atomic mass is 10.1. The van der Waals surface area contributed by atoms with Crippen LogP contribution in [0.5, 0.6) is 0 Å². The van der Waals surface area contributed by atoms with E-state index >= 15 is 0 Å². The molecule has 1 rings (SSSR count). The molecule has 1 aromatic rings. The first-order valence-electron chi connectivity index (χ1n) is 8.02. The molecule has 0 saturated heterocycles. The van der Waals surface area contributed by atoms with E-state index in [1.165, 1.54) is 19.1 Å². The number of rotatable bonds is 8. The number of benzene rings is 1. The van der Waals surface area contributed by atoms with Crippen molar-refractivity contribution in [2.24, 2.45) is 0 Å². The number of halogens is 1. The smallest absolute Gasteiger partial charge is 0.254 e. The molecular weight excluding hydrogens is 313 g/mol. The van der Waals surface area contributed by atoms with Gasteiger partial charge in [-0.1, -0.05) is 0 Å². The summed E-state index contributed by atoms with van der Waals surface area (Å²) in [6.45, 7) is 6.74. The van der Waals surface area contributed by atoms with Crippen molar-refractivity contribution >= 4 is 23.4 Å². The van der Waals surface area contributed by atoms with Crippen LogP contribution < -0.4 is 10.6 Å². The molecule has 0 radical (unpaired) electrons. The fourth-order valence-corrected chi connectivity index (χ4v) is 2.25. The van der Waals surface area contributed by atoms with Gasteiger partial charge in [0.1, 0.15) is 5.82 Å². The molecule has 6 nitrogen and oxygen atoms in total. The maximum atomic E-state index is 13.8. The number of hydrogen-bond acceptors (Lipinski definition) is 3. The van der Waals surface area contributed by atoms with Crippen molar-refractivity contribution in [3.8, 4) is 0 Å². The lowest BCUT2D eigenvalue weighted by Crippen LogP contribution is -2.31. The highest BCUT2D eigenvalue weighted by atomic mass is 19.1. The summed E-state index contributed by atoms with van der Waals surface area (Å²) in [5, 5.41) is 5.09. The molecule has 2 N–H and O–H groups in total. The van der Waals surface area contributed by atoms with Crippen LogP contribution in [0.1, 0.15) is 44.0 Å². The van der Waals surface area contributed by atoms with Crippen LogP contribution in [0.3, 0.4) is 0 Å². The van der Waals surface area contributed by atoms with Gasteiger partial charge in [0.05, 0.1) is 5.56 Å². The summed E-state index contributed by atoms with van der Waals surface area (Å²) >= 11 is 0. The number of anilines is 1. The third-order valence-electron chi connectivity index (χ3n) is 3.50. The van der Waals surface area contributed by atoms with Gasteiger partial charge in [-0.25, -0.2) is 4.39 Å². The van der Waals surface area contributed by atoms with Gasteiger partial charge in [-0.15, -0.1) is 0 Å². The van der Waals surface area contributed by atoms with Gasteiger partial charge in [-0.05, 0) is 38.5 Å². The largest absolute Gasteiger partial charge is 0.352 e. The van der Waals surface area contributed by atoms with Crippen LogP contribution in [0.4, 0.5) is 10.1 Å². The molecule has 0 spiro atoms. The molecule has 0 aliphatic carbocycles. The van der Waals surface area contributed by atoms with E-state index < -0.39 is 11.7 Å². The predicted octanol–water partition coefficient (Wildman–Crippen LogP) is 2.16. The Balaban J connectivity index is 2.53. The van der Waals surface area contributed by atoms with Crippen LogP contribution in [0.15, 0.2) is 18.2 Å². The first-order valence-corrected chi connectivity index (χ1v) is 8.02. The van der Waals surface area contributed by atoms with Gasteiger partial charge in [0.2, 0.25) is 11.8 Å². The van der Waals surface area contributed by atoms with Crippen LogP contribution in [-0.4, -0.2) is 42.3 Å². The standard InChI is InChI=1S/C17H24FN3O3/c1-4-21(5-2)16(23)7-6-10-19-17(24)14-11-13(20-12(3)22)8-9-15(14)18/h8-9,11H,4-7,10H2,1-3H3,(H,19,24)(H,20,22). The minimum atomic E-state index is -0.666. The molecule has 0 aromatic heterocycles. The Morgan fingerprint density at radius 3 is 2.42 bits per heavy atom. The minimum absolute atomic E-state index is 0.0353. The van der Waals surface area contributed by atoms with E-state index in [2.05, 4.69) is 10.6 Å². The summed E-state index contributed by atoms with van der Waals surface area (Å²) in [6, 6.07) is 3.80. The van der Waals surface area contributed by atoms with E-state index in [9.17, 15) is 18.8 Å². The Bertz CT molecular complexity index is 601. The van der Waals surface area contributed by atoms with Crippen molar-refractivity contribution in [3.05, 3.63) is 29.6 Å². The van der Waals surface area contributed by atoms with Crippen molar-refractivity contribution in [2.45, 2.75) is 33.6 Å². The highest BCUT2D eigenvalue weighted by molar-refractivity contribution is 5.97. The highest BCUT2D eigenvalue weighted by Crippen LogP contribution is 2.15. The summed E-state index contributed by atoms with van der Waals surface area (Å²) in [4.78, 5) is 36.6. The third-order valence-corrected chi connectivity index (χ3v) is 3.50. The van der Waals surface area contributed by atoms with E-state index in [1.54, 1.807) is 4.90 Å². The Morgan fingerprint density at radius 2 is 1.83 bits per heavy atom. The van der Waals surface area contributed by atoms with Crippen LogP contribution in [-0.2, 0) is 9.59 Å². The number of hydrogen-bond donors (Lipinski definition) is 2. The van der Waals surface area contributed by atoms with Crippen molar-refractivity contribution in [1.82, 2.24) is 10.2 Å². The van der Waals surface area contributed by atoms with Crippen LogP contribution in [0.25, 0.3) is 0 Å². The van der Waals surface area contributed by atoms with E-state index in [0.29, 0.717) is 31.6 Å². The Morgan fingerprint density at radius 1 is 1.17 bits per heavy atom. The molecule has 0 atom stereocenters. The van der Waals surface area contributed by atoms with Gasteiger partial charge in [0.25, 0.3) is 5.91 Å². The Kier molecular flexibility index (Phi) is 7.88. The van der Waals surface area contributed by atoms with Gasteiger partial charge in [-0.3, -0.25) is 14.4 Å². The number of carbonyl (C=O) groups is 3. The van der Waals surface area contributed by atoms with Gasteiger partial charge >= 0.3 is 0 Å². The second-order valence-corrected chi connectivity index (χ2v) is 5.30. The molecule has 24 heavy (non-hydrogen) atoms. The van der Waals surface area contributed by atoms with E-state index in [4.69, 9.17) is 0 Å².